The molecule has 6 heteroatoms. The minimum Gasteiger partial charge on any atom is -0.337 e. The van der Waals surface area contributed by atoms with Gasteiger partial charge in [-0.3, -0.25) is 14.5 Å². The van der Waals surface area contributed by atoms with Gasteiger partial charge in [0.1, 0.15) is 0 Å². The van der Waals surface area contributed by atoms with Crippen LogP contribution in [0, 0.1) is 0 Å². The summed E-state index contributed by atoms with van der Waals surface area (Å²) in [6, 6.07) is 1.49. The van der Waals surface area contributed by atoms with Crippen molar-refractivity contribution < 1.29 is 4.79 Å². The van der Waals surface area contributed by atoms with Gasteiger partial charge in [0.25, 0.3) is 5.56 Å². The Morgan fingerprint density at radius 1 is 1.23 bits per heavy atom. The fraction of sp³-hybridized carbons (Fsp3) is 0.688. The molecule has 22 heavy (non-hydrogen) atoms. The Bertz CT molecular complexity index is 590. The maximum absolute atomic E-state index is 12.8. The number of likely N-dealkylation sites (tertiary alicyclic amines) is 1. The molecular weight excluding hydrogens is 280 g/mol. The van der Waals surface area contributed by atoms with Crippen LogP contribution in [0.2, 0.25) is 0 Å². The van der Waals surface area contributed by atoms with Crippen LogP contribution in [0.25, 0.3) is 0 Å². The SMILES string of the molecule is CC(C(=O)N1CCc2n[nH]c(=O)cc2C1)N1CCCCCC1. The van der Waals surface area contributed by atoms with E-state index in [1.165, 1.54) is 25.7 Å². The average molecular weight is 304 g/mol. The van der Waals surface area contributed by atoms with E-state index in [1.807, 2.05) is 11.8 Å². The molecule has 0 aromatic carbocycles. The highest BCUT2D eigenvalue weighted by atomic mass is 16.2. The van der Waals surface area contributed by atoms with E-state index >= 15 is 0 Å². The lowest BCUT2D eigenvalue weighted by atomic mass is 10.1. The molecule has 3 rings (SSSR count). The van der Waals surface area contributed by atoms with E-state index in [9.17, 15) is 9.59 Å². The van der Waals surface area contributed by atoms with Gasteiger partial charge < -0.3 is 4.90 Å². The molecule has 2 aliphatic heterocycles. The lowest BCUT2D eigenvalue weighted by molar-refractivity contribution is -0.137. The maximum atomic E-state index is 12.8. The fourth-order valence-corrected chi connectivity index (χ4v) is 3.44. The number of nitrogens with zero attached hydrogens (tertiary/aromatic N) is 3. The van der Waals surface area contributed by atoms with Crippen molar-refractivity contribution in [3.63, 3.8) is 0 Å². The van der Waals surface area contributed by atoms with Gasteiger partial charge in [0.2, 0.25) is 5.91 Å². The molecule has 6 nitrogen and oxygen atoms in total. The number of fused-ring (bicyclic) bond motifs is 1. The number of carbonyl (C=O) groups is 1. The van der Waals surface area contributed by atoms with Gasteiger partial charge in [-0.15, -0.1) is 0 Å². The zero-order valence-corrected chi connectivity index (χ0v) is 13.2. The molecule has 3 heterocycles. The fourth-order valence-electron chi connectivity index (χ4n) is 3.44. The smallest absolute Gasteiger partial charge is 0.264 e. The third-order valence-corrected chi connectivity index (χ3v) is 4.81. The first-order valence-electron chi connectivity index (χ1n) is 8.25. The molecule has 1 N–H and O–H groups in total. The van der Waals surface area contributed by atoms with Crippen molar-refractivity contribution in [2.24, 2.45) is 0 Å². The molecule has 0 aliphatic carbocycles. The second-order valence-electron chi connectivity index (χ2n) is 6.34. The third kappa shape index (κ3) is 3.21. The Labute approximate surface area is 130 Å². The Balaban J connectivity index is 1.68. The molecular formula is C16H24N4O2. The van der Waals surface area contributed by atoms with Crippen LogP contribution in [0.15, 0.2) is 10.9 Å². The van der Waals surface area contributed by atoms with E-state index < -0.39 is 0 Å². The summed E-state index contributed by atoms with van der Waals surface area (Å²) in [4.78, 5) is 28.4. The van der Waals surface area contributed by atoms with Gasteiger partial charge in [-0.05, 0) is 32.9 Å². The van der Waals surface area contributed by atoms with Crippen LogP contribution in [0.5, 0.6) is 0 Å². The summed E-state index contributed by atoms with van der Waals surface area (Å²) in [7, 11) is 0. The van der Waals surface area contributed by atoms with Gasteiger partial charge in [0, 0.05) is 31.1 Å². The summed E-state index contributed by atoms with van der Waals surface area (Å²) < 4.78 is 0. The Morgan fingerprint density at radius 2 is 1.95 bits per heavy atom. The van der Waals surface area contributed by atoms with E-state index in [1.54, 1.807) is 6.07 Å². The van der Waals surface area contributed by atoms with Crippen molar-refractivity contribution in [2.75, 3.05) is 19.6 Å². The summed E-state index contributed by atoms with van der Waals surface area (Å²) >= 11 is 0. The summed E-state index contributed by atoms with van der Waals surface area (Å²) in [5, 5.41) is 6.54. The zero-order chi connectivity index (χ0) is 15.5. The van der Waals surface area contributed by atoms with Crippen LogP contribution in [-0.4, -0.2) is 51.6 Å². The molecule has 120 valence electrons. The number of rotatable bonds is 2. The summed E-state index contributed by atoms with van der Waals surface area (Å²) in [5.41, 5.74) is 1.59. The van der Waals surface area contributed by atoms with E-state index in [2.05, 4.69) is 15.1 Å². The van der Waals surface area contributed by atoms with Crippen LogP contribution in [0.1, 0.15) is 43.9 Å². The first-order chi connectivity index (χ1) is 10.6. The molecule has 2 aliphatic rings. The molecule has 0 radical (unpaired) electrons. The number of H-pyrrole nitrogens is 1. The predicted molar refractivity (Wildman–Crippen MR) is 83.5 cm³/mol. The monoisotopic (exact) mass is 304 g/mol. The van der Waals surface area contributed by atoms with Crippen molar-refractivity contribution >= 4 is 5.91 Å². The number of carbonyl (C=O) groups excluding carboxylic acids is 1. The van der Waals surface area contributed by atoms with Crippen LogP contribution in [0.3, 0.4) is 0 Å². The molecule has 0 bridgehead atoms. The second-order valence-corrected chi connectivity index (χ2v) is 6.34. The lowest BCUT2D eigenvalue weighted by Gasteiger charge is -2.34. The van der Waals surface area contributed by atoms with Crippen molar-refractivity contribution in [2.45, 2.75) is 51.6 Å². The molecule has 1 aromatic rings. The first-order valence-corrected chi connectivity index (χ1v) is 8.25. The highest BCUT2D eigenvalue weighted by Gasteiger charge is 2.29. The lowest BCUT2D eigenvalue weighted by Crippen LogP contribution is -2.49. The van der Waals surface area contributed by atoms with Gasteiger partial charge in [-0.2, -0.15) is 5.10 Å². The summed E-state index contributed by atoms with van der Waals surface area (Å²) in [5.74, 6) is 0.174. The molecule has 0 spiro atoms. The van der Waals surface area contributed by atoms with Gasteiger partial charge in [0.15, 0.2) is 0 Å². The molecule has 1 aromatic heterocycles. The number of hydrogen-bond donors (Lipinski definition) is 1. The Morgan fingerprint density at radius 3 is 2.68 bits per heavy atom. The molecule has 1 amide bonds. The molecule has 1 fully saturated rings. The zero-order valence-electron chi connectivity index (χ0n) is 13.2. The van der Waals surface area contributed by atoms with Gasteiger partial charge in [-0.1, -0.05) is 12.8 Å². The van der Waals surface area contributed by atoms with E-state index in [0.29, 0.717) is 19.5 Å². The van der Waals surface area contributed by atoms with Crippen LogP contribution in [0.4, 0.5) is 0 Å². The molecule has 1 unspecified atom stereocenters. The van der Waals surface area contributed by atoms with Crippen LogP contribution >= 0.6 is 0 Å². The highest BCUT2D eigenvalue weighted by Crippen LogP contribution is 2.18. The van der Waals surface area contributed by atoms with Gasteiger partial charge >= 0.3 is 0 Å². The third-order valence-electron chi connectivity index (χ3n) is 4.81. The minimum atomic E-state index is -0.200. The maximum Gasteiger partial charge on any atom is 0.264 e. The van der Waals surface area contributed by atoms with Crippen molar-refractivity contribution in [1.29, 1.82) is 0 Å². The first kappa shape index (κ1) is 15.2. The van der Waals surface area contributed by atoms with Crippen LogP contribution < -0.4 is 5.56 Å². The van der Waals surface area contributed by atoms with Crippen molar-refractivity contribution in [3.8, 4) is 0 Å². The standard InChI is InChI=1S/C16H24N4O2/c1-12(19-7-4-2-3-5-8-19)16(22)20-9-6-14-13(11-20)10-15(21)18-17-14/h10,12H,2-9,11H2,1H3,(H,18,21). The van der Waals surface area contributed by atoms with Gasteiger partial charge in [0.05, 0.1) is 11.7 Å². The topological polar surface area (TPSA) is 69.3 Å². The average Bonchev–Trinajstić information content (AvgIpc) is 2.82. The van der Waals surface area contributed by atoms with Crippen molar-refractivity contribution in [1.82, 2.24) is 20.0 Å². The molecule has 1 saturated heterocycles. The predicted octanol–water partition coefficient (Wildman–Crippen LogP) is 0.919. The summed E-state index contributed by atoms with van der Waals surface area (Å²) in [6.07, 6.45) is 5.61. The second kappa shape index (κ2) is 6.60. The Kier molecular flexibility index (Phi) is 4.57. The Hall–Kier alpha value is -1.69. The van der Waals surface area contributed by atoms with E-state index in [-0.39, 0.29) is 17.5 Å². The van der Waals surface area contributed by atoms with Crippen molar-refractivity contribution in [3.05, 3.63) is 27.7 Å². The molecule has 1 atom stereocenters. The summed E-state index contributed by atoms with van der Waals surface area (Å²) in [6.45, 7) is 5.22. The largest absolute Gasteiger partial charge is 0.337 e. The number of aromatic nitrogens is 2. The number of aromatic amines is 1. The molecule has 0 saturated carbocycles. The number of nitrogens with one attached hydrogen (secondary N) is 1. The van der Waals surface area contributed by atoms with E-state index in [4.69, 9.17) is 0 Å². The quantitative estimate of drug-likeness (QED) is 0.882. The van der Waals surface area contributed by atoms with Crippen LogP contribution in [-0.2, 0) is 17.8 Å². The van der Waals surface area contributed by atoms with Gasteiger partial charge in [-0.25, -0.2) is 5.10 Å². The minimum absolute atomic E-state index is 0.0744. The van der Waals surface area contributed by atoms with E-state index in [0.717, 1.165) is 24.3 Å². The number of hydrogen-bond acceptors (Lipinski definition) is 4. The highest BCUT2D eigenvalue weighted by molar-refractivity contribution is 5.81. The number of amides is 1. The normalized spacial score (nSPS) is 21.0.